The molecule has 3 rings (SSSR count). The second-order valence-corrected chi connectivity index (χ2v) is 5.74. The minimum atomic E-state index is -0.147. The molecule has 0 aliphatic heterocycles. The number of hydrogen-bond acceptors (Lipinski definition) is 4. The highest BCUT2D eigenvalue weighted by molar-refractivity contribution is 5.57. The van der Waals surface area contributed by atoms with E-state index in [0.29, 0.717) is 17.2 Å². The third-order valence-electron chi connectivity index (χ3n) is 4.22. The fourth-order valence-corrected chi connectivity index (χ4v) is 3.04. The lowest BCUT2D eigenvalue weighted by Crippen LogP contribution is -2.07. The Morgan fingerprint density at radius 1 is 0.800 bits per heavy atom. The summed E-state index contributed by atoms with van der Waals surface area (Å²) < 4.78 is 22.7. The highest BCUT2D eigenvalue weighted by atomic mass is 16.5. The standard InChI is InChI=1S/C21H22O4/c1-14-10-11-17(25-14)20(15-8-6-5-7-9-15)21-18(23-3)12-16(22-2)13-19(21)24-4/h5-13,20H,1-4H3. The van der Waals surface area contributed by atoms with Crippen LogP contribution in [0, 0.1) is 6.92 Å². The van der Waals surface area contributed by atoms with Crippen molar-refractivity contribution in [3.63, 3.8) is 0 Å². The van der Waals surface area contributed by atoms with Crippen LogP contribution in [0.3, 0.4) is 0 Å². The third-order valence-corrected chi connectivity index (χ3v) is 4.22. The Kier molecular flexibility index (Phi) is 4.98. The number of benzene rings is 2. The number of methoxy groups -OCH3 is 3. The van der Waals surface area contributed by atoms with Crippen LogP contribution < -0.4 is 14.2 Å². The first kappa shape index (κ1) is 17.0. The average Bonchev–Trinajstić information content (AvgIpc) is 3.08. The first-order valence-electron chi connectivity index (χ1n) is 8.09. The molecule has 3 aromatic rings. The molecule has 1 unspecified atom stereocenters. The molecular weight excluding hydrogens is 316 g/mol. The Morgan fingerprint density at radius 2 is 1.44 bits per heavy atom. The predicted octanol–water partition coefficient (Wildman–Crippen LogP) is 4.79. The SMILES string of the molecule is COc1cc(OC)c(C(c2ccccc2)c2ccc(C)o2)c(OC)c1. The summed E-state index contributed by atoms with van der Waals surface area (Å²) in [5, 5.41) is 0. The Balaban J connectivity index is 2.26. The molecule has 0 saturated heterocycles. The van der Waals surface area contributed by atoms with Crippen LogP contribution in [0.2, 0.25) is 0 Å². The van der Waals surface area contributed by atoms with Gasteiger partial charge in [0, 0.05) is 12.1 Å². The number of rotatable bonds is 6. The summed E-state index contributed by atoms with van der Waals surface area (Å²) >= 11 is 0. The quantitative estimate of drug-likeness (QED) is 0.648. The van der Waals surface area contributed by atoms with Crippen LogP contribution >= 0.6 is 0 Å². The van der Waals surface area contributed by atoms with E-state index in [4.69, 9.17) is 18.6 Å². The van der Waals surface area contributed by atoms with Crippen molar-refractivity contribution in [2.45, 2.75) is 12.8 Å². The van der Waals surface area contributed by atoms with Crippen molar-refractivity contribution in [2.75, 3.05) is 21.3 Å². The second-order valence-electron chi connectivity index (χ2n) is 5.74. The van der Waals surface area contributed by atoms with Gasteiger partial charge in [0.1, 0.15) is 28.8 Å². The van der Waals surface area contributed by atoms with Gasteiger partial charge >= 0.3 is 0 Å². The Morgan fingerprint density at radius 3 is 1.92 bits per heavy atom. The number of hydrogen-bond donors (Lipinski definition) is 0. The predicted molar refractivity (Wildman–Crippen MR) is 96.9 cm³/mol. The second kappa shape index (κ2) is 7.34. The largest absolute Gasteiger partial charge is 0.496 e. The summed E-state index contributed by atoms with van der Waals surface area (Å²) in [6.45, 7) is 1.94. The molecule has 0 amide bonds. The molecular formula is C21H22O4. The van der Waals surface area contributed by atoms with Gasteiger partial charge in [0.2, 0.25) is 0 Å². The van der Waals surface area contributed by atoms with Crippen molar-refractivity contribution in [3.8, 4) is 17.2 Å². The molecule has 2 aromatic carbocycles. The van der Waals surface area contributed by atoms with Crippen LogP contribution in [0.4, 0.5) is 0 Å². The topological polar surface area (TPSA) is 40.8 Å². The number of ether oxygens (including phenoxy) is 3. The lowest BCUT2D eigenvalue weighted by atomic mass is 9.87. The van der Waals surface area contributed by atoms with Crippen molar-refractivity contribution in [1.82, 2.24) is 0 Å². The van der Waals surface area contributed by atoms with Gasteiger partial charge in [-0.05, 0) is 24.6 Å². The maximum atomic E-state index is 5.97. The van der Waals surface area contributed by atoms with E-state index in [2.05, 4.69) is 12.1 Å². The highest BCUT2D eigenvalue weighted by Gasteiger charge is 2.28. The fourth-order valence-electron chi connectivity index (χ4n) is 3.04. The Bertz CT molecular complexity index is 811. The summed E-state index contributed by atoms with van der Waals surface area (Å²) in [5.74, 6) is 3.62. The van der Waals surface area contributed by atoms with Crippen molar-refractivity contribution >= 4 is 0 Å². The van der Waals surface area contributed by atoms with Gasteiger partial charge in [-0.1, -0.05) is 30.3 Å². The fraction of sp³-hybridized carbons (Fsp3) is 0.238. The van der Waals surface area contributed by atoms with Crippen molar-refractivity contribution in [1.29, 1.82) is 0 Å². The van der Waals surface area contributed by atoms with Gasteiger partial charge < -0.3 is 18.6 Å². The van der Waals surface area contributed by atoms with E-state index in [1.165, 1.54) is 0 Å². The molecule has 0 N–H and O–H groups in total. The summed E-state index contributed by atoms with van der Waals surface area (Å²) in [5.41, 5.74) is 2.00. The average molecular weight is 338 g/mol. The van der Waals surface area contributed by atoms with Crippen molar-refractivity contribution in [3.05, 3.63) is 77.2 Å². The van der Waals surface area contributed by atoms with Crippen molar-refractivity contribution in [2.24, 2.45) is 0 Å². The molecule has 0 aliphatic rings. The van der Waals surface area contributed by atoms with Crippen LogP contribution in [0.15, 0.2) is 59.0 Å². The molecule has 130 valence electrons. The van der Waals surface area contributed by atoms with Crippen LogP contribution in [0.1, 0.15) is 28.6 Å². The summed E-state index contributed by atoms with van der Waals surface area (Å²) in [6, 6.07) is 17.9. The molecule has 1 heterocycles. The van der Waals surface area contributed by atoms with E-state index in [1.807, 2.05) is 49.4 Å². The van der Waals surface area contributed by atoms with Gasteiger partial charge in [0.25, 0.3) is 0 Å². The monoisotopic (exact) mass is 338 g/mol. The summed E-state index contributed by atoms with van der Waals surface area (Å²) in [4.78, 5) is 0. The first-order valence-corrected chi connectivity index (χ1v) is 8.09. The van der Waals surface area contributed by atoms with E-state index in [0.717, 1.165) is 22.6 Å². The minimum Gasteiger partial charge on any atom is -0.496 e. The zero-order valence-corrected chi connectivity index (χ0v) is 14.9. The highest BCUT2D eigenvalue weighted by Crippen LogP contribution is 2.45. The molecule has 0 fully saturated rings. The van der Waals surface area contributed by atoms with Gasteiger partial charge in [0.05, 0.1) is 32.8 Å². The van der Waals surface area contributed by atoms with Crippen LogP contribution in [-0.4, -0.2) is 21.3 Å². The van der Waals surface area contributed by atoms with Gasteiger partial charge in [0.15, 0.2) is 0 Å². The van der Waals surface area contributed by atoms with Crippen LogP contribution in [0.25, 0.3) is 0 Å². The Labute approximate surface area is 148 Å². The zero-order valence-electron chi connectivity index (χ0n) is 14.9. The first-order chi connectivity index (χ1) is 12.2. The number of furan rings is 1. The van der Waals surface area contributed by atoms with E-state index in [-0.39, 0.29) is 5.92 Å². The summed E-state index contributed by atoms with van der Waals surface area (Å²) in [7, 11) is 4.92. The lowest BCUT2D eigenvalue weighted by molar-refractivity contribution is 0.364. The molecule has 0 aliphatic carbocycles. The molecule has 0 saturated carbocycles. The molecule has 4 heteroatoms. The van der Waals surface area contributed by atoms with Crippen LogP contribution in [-0.2, 0) is 0 Å². The lowest BCUT2D eigenvalue weighted by Gasteiger charge is -2.22. The summed E-state index contributed by atoms with van der Waals surface area (Å²) in [6.07, 6.45) is 0. The van der Waals surface area contributed by atoms with Gasteiger partial charge in [-0.15, -0.1) is 0 Å². The van der Waals surface area contributed by atoms with Gasteiger partial charge in [-0.2, -0.15) is 0 Å². The molecule has 0 radical (unpaired) electrons. The van der Waals surface area contributed by atoms with Crippen LogP contribution in [0.5, 0.6) is 17.2 Å². The normalized spacial score (nSPS) is 11.8. The number of aryl methyl sites for hydroxylation is 1. The molecule has 25 heavy (non-hydrogen) atoms. The maximum absolute atomic E-state index is 5.97. The van der Waals surface area contributed by atoms with E-state index in [9.17, 15) is 0 Å². The van der Waals surface area contributed by atoms with E-state index < -0.39 is 0 Å². The molecule has 0 spiro atoms. The van der Waals surface area contributed by atoms with Gasteiger partial charge in [-0.3, -0.25) is 0 Å². The molecule has 1 atom stereocenters. The Hall–Kier alpha value is -2.88. The van der Waals surface area contributed by atoms with E-state index >= 15 is 0 Å². The third kappa shape index (κ3) is 3.33. The van der Waals surface area contributed by atoms with Crippen molar-refractivity contribution < 1.29 is 18.6 Å². The molecule has 1 aromatic heterocycles. The molecule has 4 nitrogen and oxygen atoms in total. The molecule has 0 bridgehead atoms. The van der Waals surface area contributed by atoms with E-state index in [1.54, 1.807) is 21.3 Å². The van der Waals surface area contributed by atoms with Gasteiger partial charge in [-0.25, -0.2) is 0 Å². The smallest absolute Gasteiger partial charge is 0.130 e. The zero-order chi connectivity index (χ0) is 17.8. The maximum Gasteiger partial charge on any atom is 0.130 e. The minimum absolute atomic E-state index is 0.147.